The summed E-state index contributed by atoms with van der Waals surface area (Å²) in [5.74, 6) is 0. The lowest BCUT2D eigenvalue weighted by Crippen LogP contribution is -1.89. The first-order valence-corrected chi connectivity index (χ1v) is 6.43. The lowest BCUT2D eigenvalue weighted by molar-refractivity contribution is 1.36. The van der Waals surface area contributed by atoms with E-state index < -0.39 is 0 Å². The topological polar surface area (TPSA) is 0 Å². The minimum atomic E-state index is 1.30. The highest BCUT2D eigenvalue weighted by atomic mass is 14.1. The molecule has 0 amide bonds. The van der Waals surface area contributed by atoms with E-state index in [4.69, 9.17) is 0 Å². The average Bonchev–Trinajstić information content (AvgIpc) is 2.35. The van der Waals surface area contributed by atoms with Gasteiger partial charge in [0.15, 0.2) is 0 Å². The Morgan fingerprint density at radius 1 is 0.833 bits per heavy atom. The van der Waals surface area contributed by atoms with Gasteiger partial charge in [-0.1, -0.05) is 54.1 Å². The van der Waals surface area contributed by atoms with Crippen LogP contribution in [0.2, 0.25) is 0 Å². The van der Waals surface area contributed by atoms with E-state index in [-0.39, 0.29) is 0 Å². The fraction of sp³-hybridized carbons (Fsp3) is 0.222. The summed E-state index contributed by atoms with van der Waals surface area (Å²) in [6.45, 7) is 8.54. The summed E-state index contributed by atoms with van der Waals surface area (Å²) in [5.41, 5.74) is 7.91. The second-order valence-corrected chi connectivity index (χ2v) is 4.89. The third kappa shape index (κ3) is 2.53. The van der Waals surface area contributed by atoms with Crippen LogP contribution in [0.25, 0.3) is 17.2 Å². The van der Waals surface area contributed by atoms with Gasteiger partial charge in [-0.2, -0.15) is 0 Å². The maximum Gasteiger partial charge on any atom is -0.0152 e. The number of hydrogen-bond donors (Lipinski definition) is 0. The third-order valence-electron chi connectivity index (χ3n) is 3.32. The van der Waals surface area contributed by atoms with E-state index in [1.54, 1.807) is 0 Å². The third-order valence-corrected chi connectivity index (χ3v) is 3.32. The summed E-state index contributed by atoms with van der Waals surface area (Å²) in [6.07, 6.45) is 4.26. The molecule has 0 saturated carbocycles. The molecule has 0 heterocycles. The Labute approximate surface area is 110 Å². The second-order valence-electron chi connectivity index (χ2n) is 4.89. The largest absolute Gasteiger partial charge is 0.0871 e. The zero-order valence-corrected chi connectivity index (χ0v) is 11.6. The molecule has 0 bridgehead atoms. The van der Waals surface area contributed by atoms with E-state index in [0.717, 1.165) is 0 Å². The van der Waals surface area contributed by atoms with Crippen LogP contribution in [0.3, 0.4) is 0 Å². The highest BCUT2D eigenvalue weighted by Gasteiger charge is 2.04. The smallest absolute Gasteiger partial charge is 0.0152 e. The van der Waals surface area contributed by atoms with Crippen molar-refractivity contribution in [2.45, 2.75) is 27.7 Å². The molecule has 0 spiro atoms. The second kappa shape index (κ2) is 5.22. The molecule has 0 aromatic heterocycles. The number of hydrogen-bond acceptors (Lipinski definition) is 0. The molecule has 0 aliphatic carbocycles. The molecule has 0 aliphatic rings. The summed E-state index contributed by atoms with van der Waals surface area (Å²) >= 11 is 0. The van der Waals surface area contributed by atoms with Crippen LogP contribution >= 0.6 is 0 Å². The van der Waals surface area contributed by atoms with Crippen molar-refractivity contribution in [2.24, 2.45) is 0 Å². The molecular weight excluding hydrogens is 216 g/mol. The summed E-state index contributed by atoms with van der Waals surface area (Å²) in [6, 6.07) is 13.3. The molecule has 0 radical (unpaired) electrons. The van der Waals surface area contributed by atoms with Crippen LogP contribution in [0.1, 0.15) is 29.2 Å². The van der Waals surface area contributed by atoms with Crippen molar-refractivity contribution in [1.82, 2.24) is 0 Å². The summed E-state index contributed by atoms with van der Waals surface area (Å²) in [4.78, 5) is 0. The first-order chi connectivity index (χ1) is 8.61. The minimum Gasteiger partial charge on any atom is -0.0871 e. The number of benzene rings is 2. The normalized spacial score (nSPS) is 11.1. The Hall–Kier alpha value is -1.82. The van der Waals surface area contributed by atoms with Crippen molar-refractivity contribution in [3.8, 4) is 11.1 Å². The lowest BCUT2D eigenvalue weighted by atomic mass is 9.94. The van der Waals surface area contributed by atoms with Crippen LogP contribution in [-0.2, 0) is 0 Å². The van der Waals surface area contributed by atoms with Crippen molar-refractivity contribution < 1.29 is 0 Å². The molecule has 2 rings (SSSR count). The van der Waals surface area contributed by atoms with Crippen molar-refractivity contribution in [2.75, 3.05) is 0 Å². The Balaban J connectivity index is 2.52. The van der Waals surface area contributed by atoms with Gasteiger partial charge >= 0.3 is 0 Å². The standard InChI is InChI=1S/C18H20/c1-5-6-17-11-15(4)18(12-14(17)3)16-9-7-13(2)8-10-16/h5-12H,1-4H3/b6-5+. The summed E-state index contributed by atoms with van der Waals surface area (Å²) in [5, 5.41) is 0. The maximum absolute atomic E-state index is 2.29. The van der Waals surface area contributed by atoms with Crippen molar-refractivity contribution in [3.05, 3.63) is 64.7 Å². The van der Waals surface area contributed by atoms with Gasteiger partial charge in [-0.3, -0.25) is 0 Å². The van der Waals surface area contributed by atoms with E-state index in [2.05, 4.69) is 76.2 Å². The molecule has 2 aromatic carbocycles. The minimum absolute atomic E-state index is 1.30. The van der Waals surface area contributed by atoms with E-state index in [1.165, 1.54) is 33.4 Å². The molecule has 0 fully saturated rings. The number of rotatable bonds is 2. The van der Waals surface area contributed by atoms with Gasteiger partial charge in [0.25, 0.3) is 0 Å². The van der Waals surface area contributed by atoms with Gasteiger partial charge in [-0.15, -0.1) is 0 Å². The Bertz CT molecular complexity index is 572. The maximum atomic E-state index is 2.29. The summed E-state index contributed by atoms with van der Waals surface area (Å²) in [7, 11) is 0. The lowest BCUT2D eigenvalue weighted by Gasteiger charge is -2.10. The number of allylic oxidation sites excluding steroid dienone is 1. The van der Waals surface area contributed by atoms with Gasteiger partial charge in [0.1, 0.15) is 0 Å². The van der Waals surface area contributed by atoms with E-state index in [9.17, 15) is 0 Å². The van der Waals surface area contributed by atoms with Gasteiger partial charge in [-0.25, -0.2) is 0 Å². The fourth-order valence-corrected chi connectivity index (χ4v) is 2.24. The first-order valence-electron chi connectivity index (χ1n) is 6.43. The quantitative estimate of drug-likeness (QED) is 0.662. The highest BCUT2D eigenvalue weighted by Crippen LogP contribution is 2.27. The molecule has 0 saturated heterocycles. The Kier molecular flexibility index (Phi) is 3.66. The Morgan fingerprint density at radius 2 is 1.50 bits per heavy atom. The molecule has 0 unspecified atom stereocenters. The molecule has 0 heteroatoms. The van der Waals surface area contributed by atoms with Gasteiger partial charge in [-0.05, 0) is 55.5 Å². The molecule has 0 N–H and O–H groups in total. The molecule has 92 valence electrons. The monoisotopic (exact) mass is 236 g/mol. The van der Waals surface area contributed by atoms with Gasteiger partial charge in [0, 0.05) is 0 Å². The van der Waals surface area contributed by atoms with Crippen LogP contribution in [0.4, 0.5) is 0 Å². The predicted molar refractivity (Wildman–Crippen MR) is 80.8 cm³/mol. The fourth-order valence-electron chi connectivity index (χ4n) is 2.24. The van der Waals surface area contributed by atoms with E-state index >= 15 is 0 Å². The molecule has 0 atom stereocenters. The number of aryl methyl sites for hydroxylation is 3. The Morgan fingerprint density at radius 3 is 2.11 bits per heavy atom. The van der Waals surface area contributed by atoms with Gasteiger partial charge in [0.2, 0.25) is 0 Å². The SMILES string of the molecule is C/C=C/c1cc(C)c(-c2ccc(C)cc2)cc1C. The average molecular weight is 236 g/mol. The van der Waals surface area contributed by atoms with Crippen LogP contribution in [0.15, 0.2) is 42.5 Å². The molecule has 18 heavy (non-hydrogen) atoms. The molecule has 2 aromatic rings. The summed E-state index contributed by atoms with van der Waals surface area (Å²) < 4.78 is 0. The molecule has 0 nitrogen and oxygen atoms in total. The van der Waals surface area contributed by atoms with Gasteiger partial charge in [0.05, 0.1) is 0 Å². The first kappa shape index (κ1) is 12.6. The molecular formula is C18H20. The zero-order valence-electron chi connectivity index (χ0n) is 11.6. The van der Waals surface area contributed by atoms with Crippen LogP contribution in [0, 0.1) is 20.8 Å². The van der Waals surface area contributed by atoms with Crippen LogP contribution in [-0.4, -0.2) is 0 Å². The van der Waals surface area contributed by atoms with Crippen LogP contribution in [0.5, 0.6) is 0 Å². The van der Waals surface area contributed by atoms with Crippen molar-refractivity contribution in [1.29, 1.82) is 0 Å². The predicted octanol–water partition coefficient (Wildman–Crippen LogP) is 5.31. The van der Waals surface area contributed by atoms with Crippen molar-refractivity contribution >= 4 is 6.08 Å². The van der Waals surface area contributed by atoms with Crippen molar-refractivity contribution in [3.63, 3.8) is 0 Å². The van der Waals surface area contributed by atoms with E-state index in [0.29, 0.717) is 0 Å². The van der Waals surface area contributed by atoms with Gasteiger partial charge < -0.3 is 0 Å². The highest BCUT2D eigenvalue weighted by molar-refractivity contribution is 5.71. The zero-order chi connectivity index (χ0) is 13.1. The van der Waals surface area contributed by atoms with Crippen LogP contribution < -0.4 is 0 Å². The molecule has 0 aliphatic heterocycles. The van der Waals surface area contributed by atoms with E-state index in [1.807, 2.05) is 0 Å².